The molecule has 3 aromatic rings. The van der Waals surface area contributed by atoms with Gasteiger partial charge in [0.25, 0.3) is 5.91 Å². The molecular formula is C31H35F3N6O4. The van der Waals surface area contributed by atoms with Gasteiger partial charge in [0, 0.05) is 43.6 Å². The molecule has 0 saturated carbocycles. The largest absolute Gasteiger partial charge is 0.444 e. The summed E-state index contributed by atoms with van der Waals surface area (Å²) in [4.78, 5) is 48.0. The maximum atomic E-state index is 13.8. The van der Waals surface area contributed by atoms with Gasteiger partial charge in [-0.25, -0.2) is 14.8 Å². The second-order valence-electron chi connectivity index (χ2n) is 11.4. The molecule has 1 aromatic heterocycles. The Morgan fingerprint density at radius 2 is 1.52 bits per heavy atom. The Labute approximate surface area is 253 Å². The van der Waals surface area contributed by atoms with Gasteiger partial charge in [-0.3, -0.25) is 9.59 Å². The number of piperazine rings is 1. The van der Waals surface area contributed by atoms with Crippen molar-refractivity contribution in [2.24, 2.45) is 5.73 Å². The van der Waals surface area contributed by atoms with Gasteiger partial charge in [-0.05, 0) is 69.0 Å². The third-order valence-corrected chi connectivity index (χ3v) is 6.89. The number of nitrogens with two attached hydrogens (primary N) is 1. The smallest absolute Gasteiger partial charge is 0.419 e. The summed E-state index contributed by atoms with van der Waals surface area (Å²) in [6.07, 6.45) is -4.17. The number of anilines is 2. The molecule has 1 aliphatic heterocycles. The van der Waals surface area contributed by atoms with Gasteiger partial charge in [0.15, 0.2) is 0 Å². The first-order valence-corrected chi connectivity index (χ1v) is 14.1. The van der Waals surface area contributed by atoms with Crippen LogP contribution in [0.25, 0.3) is 0 Å². The average Bonchev–Trinajstić information content (AvgIpc) is 2.95. The molecule has 0 radical (unpaired) electrons. The number of aromatic nitrogens is 2. The summed E-state index contributed by atoms with van der Waals surface area (Å²) in [6, 6.07) is 13.4. The summed E-state index contributed by atoms with van der Waals surface area (Å²) in [7, 11) is 0. The first kappa shape index (κ1) is 32.2. The molecule has 44 heavy (non-hydrogen) atoms. The molecule has 234 valence electrons. The van der Waals surface area contributed by atoms with E-state index in [0.29, 0.717) is 48.6 Å². The highest BCUT2D eigenvalue weighted by Gasteiger charge is 2.35. The van der Waals surface area contributed by atoms with E-state index in [1.807, 2.05) is 0 Å². The van der Waals surface area contributed by atoms with Crippen molar-refractivity contribution in [3.05, 3.63) is 82.7 Å². The van der Waals surface area contributed by atoms with E-state index < -0.39 is 29.3 Å². The number of aryl methyl sites for hydroxylation is 2. The zero-order valence-corrected chi connectivity index (χ0v) is 24.8. The third-order valence-electron chi connectivity index (χ3n) is 6.89. The van der Waals surface area contributed by atoms with Crippen LogP contribution in [-0.4, -0.2) is 69.5 Å². The Bertz CT molecular complexity index is 1500. The number of benzene rings is 2. The predicted molar refractivity (Wildman–Crippen MR) is 157 cm³/mol. The number of nitrogens with zero attached hydrogens (tertiary/aromatic N) is 4. The van der Waals surface area contributed by atoms with Crippen LogP contribution in [0.1, 0.15) is 53.5 Å². The highest BCUT2D eigenvalue weighted by molar-refractivity contribution is 5.94. The number of amides is 3. The van der Waals surface area contributed by atoms with Crippen molar-refractivity contribution in [1.29, 1.82) is 0 Å². The molecule has 0 spiro atoms. The molecule has 13 heteroatoms. The van der Waals surface area contributed by atoms with Gasteiger partial charge in [0.2, 0.25) is 11.9 Å². The summed E-state index contributed by atoms with van der Waals surface area (Å²) in [6.45, 7) is 6.79. The van der Waals surface area contributed by atoms with Crippen LogP contribution in [0.4, 0.5) is 29.6 Å². The molecule has 1 aliphatic rings. The highest BCUT2D eigenvalue weighted by Crippen LogP contribution is 2.32. The molecule has 2 aromatic carbocycles. The normalized spacial score (nSPS) is 13.9. The minimum atomic E-state index is -4.65. The summed E-state index contributed by atoms with van der Waals surface area (Å²) >= 11 is 0. The van der Waals surface area contributed by atoms with Crippen LogP contribution in [0, 0.1) is 0 Å². The maximum absolute atomic E-state index is 13.8. The van der Waals surface area contributed by atoms with Gasteiger partial charge in [0.1, 0.15) is 5.60 Å². The van der Waals surface area contributed by atoms with Gasteiger partial charge in [-0.15, -0.1) is 0 Å². The zero-order chi connectivity index (χ0) is 32.1. The van der Waals surface area contributed by atoms with Gasteiger partial charge >= 0.3 is 12.3 Å². The summed E-state index contributed by atoms with van der Waals surface area (Å²) in [5, 5.41) is 2.91. The maximum Gasteiger partial charge on any atom is 0.419 e. The number of carbonyl (C=O) groups is 3. The fourth-order valence-corrected chi connectivity index (χ4v) is 4.75. The number of carbonyl (C=O) groups excluding carboxylic acids is 3. The van der Waals surface area contributed by atoms with E-state index in [1.165, 1.54) is 0 Å². The Balaban J connectivity index is 1.41. The van der Waals surface area contributed by atoms with Crippen LogP contribution >= 0.6 is 0 Å². The molecule has 3 N–H and O–H groups in total. The number of nitrogens with one attached hydrogen (secondary N) is 1. The average molecular weight is 613 g/mol. The molecule has 0 bridgehead atoms. The first-order valence-electron chi connectivity index (χ1n) is 14.1. The first-order chi connectivity index (χ1) is 20.7. The van der Waals surface area contributed by atoms with E-state index in [0.717, 1.165) is 6.20 Å². The van der Waals surface area contributed by atoms with Gasteiger partial charge in [-0.2, -0.15) is 13.2 Å². The Kier molecular flexibility index (Phi) is 9.75. The molecule has 4 rings (SSSR count). The second kappa shape index (κ2) is 13.3. The monoisotopic (exact) mass is 612 g/mol. The fourth-order valence-electron chi connectivity index (χ4n) is 4.75. The van der Waals surface area contributed by atoms with Gasteiger partial charge in [0.05, 0.1) is 17.7 Å². The molecule has 10 nitrogen and oxygen atoms in total. The molecule has 0 aliphatic carbocycles. The lowest BCUT2D eigenvalue weighted by Crippen LogP contribution is -2.51. The minimum absolute atomic E-state index is 0.0142. The summed E-state index contributed by atoms with van der Waals surface area (Å²) < 4.78 is 46.7. The lowest BCUT2D eigenvalue weighted by Gasteiger charge is -2.35. The lowest BCUT2D eigenvalue weighted by molar-refractivity contribution is -0.138. The minimum Gasteiger partial charge on any atom is -0.444 e. The quantitative estimate of drug-likeness (QED) is 0.376. The Morgan fingerprint density at radius 3 is 2.11 bits per heavy atom. The Morgan fingerprint density at radius 1 is 0.909 bits per heavy atom. The van der Waals surface area contributed by atoms with Crippen molar-refractivity contribution in [1.82, 2.24) is 19.8 Å². The number of primary amides is 1. The molecule has 0 unspecified atom stereocenters. The standard InChI is InChI=1S/C31H35F3N6O4/c1-30(2,3)44-29(43)40-16-14-39(15-17-40)27(42)21-8-11-23(12-9-21)37-28-36-19-24(31(32,33)34)25(38-28)13-10-20-6-4-5-7-22(20)18-26(35)41/h4-9,11-12,19H,10,13-18H2,1-3H3,(H2,35,41)(H,36,37,38). The topological polar surface area (TPSA) is 131 Å². The van der Waals surface area contributed by atoms with Crippen molar-refractivity contribution < 1.29 is 32.3 Å². The number of hydrogen-bond acceptors (Lipinski definition) is 7. The number of rotatable bonds is 8. The molecule has 2 heterocycles. The van der Waals surface area contributed by atoms with Crippen LogP contribution in [0.3, 0.4) is 0 Å². The van der Waals surface area contributed by atoms with Crippen LogP contribution in [-0.2, 0) is 35.0 Å². The van der Waals surface area contributed by atoms with Crippen molar-refractivity contribution in [3.63, 3.8) is 0 Å². The van der Waals surface area contributed by atoms with E-state index in [2.05, 4.69) is 15.3 Å². The predicted octanol–water partition coefficient (Wildman–Crippen LogP) is 4.74. The zero-order valence-electron chi connectivity index (χ0n) is 24.8. The SMILES string of the molecule is CC(C)(C)OC(=O)N1CCN(C(=O)c2ccc(Nc3ncc(C(F)(F)F)c(CCc4ccccc4CC(N)=O)n3)cc2)CC1. The van der Waals surface area contributed by atoms with E-state index >= 15 is 0 Å². The van der Waals surface area contributed by atoms with Crippen molar-refractivity contribution in [2.45, 2.75) is 51.8 Å². The highest BCUT2D eigenvalue weighted by atomic mass is 19.4. The molecule has 1 saturated heterocycles. The van der Waals surface area contributed by atoms with E-state index in [-0.39, 0.29) is 36.8 Å². The van der Waals surface area contributed by atoms with Gasteiger partial charge < -0.3 is 25.6 Å². The van der Waals surface area contributed by atoms with Crippen LogP contribution in [0.5, 0.6) is 0 Å². The Hall–Kier alpha value is -4.68. The van der Waals surface area contributed by atoms with E-state index in [4.69, 9.17) is 10.5 Å². The number of alkyl halides is 3. The molecule has 0 atom stereocenters. The number of hydrogen-bond donors (Lipinski definition) is 2. The van der Waals surface area contributed by atoms with E-state index in [9.17, 15) is 27.6 Å². The second-order valence-corrected chi connectivity index (χ2v) is 11.4. The number of halogens is 3. The van der Waals surface area contributed by atoms with Crippen molar-refractivity contribution in [3.8, 4) is 0 Å². The molecular weight excluding hydrogens is 577 g/mol. The van der Waals surface area contributed by atoms with E-state index in [1.54, 1.807) is 79.1 Å². The lowest BCUT2D eigenvalue weighted by atomic mass is 9.98. The van der Waals surface area contributed by atoms with Crippen LogP contribution in [0.2, 0.25) is 0 Å². The molecule has 1 fully saturated rings. The summed E-state index contributed by atoms with van der Waals surface area (Å²) in [5.74, 6) is -0.767. The van der Waals surface area contributed by atoms with Crippen molar-refractivity contribution >= 4 is 29.5 Å². The van der Waals surface area contributed by atoms with Crippen LogP contribution in [0.15, 0.2) is 54.7 Å². The third kappa shape index (κ3) is 8.68. The van der Waals surface area contributed by atoms with Crippen LogP contribution < -0.4 is 11.1 Å². The fraction of sp³-hybridized carbons (Fsp3) is 0.387. The molecule has 3 amide bonds. The summed E-state index contributed by atoms with van der Waals surface area (Å²) in [5.41, 5.74) is 5.84. The number of ether oxygens (including phenoxy) is 1. The van der Waals surface area contributed by atoms with Gasteiger partial charge in [-0.1, -0.05) is 24.3 Å². The van der Waals surface area contributed by atoms with Crippen molar-refractivity contribution in [2.75, 3.05) is 31.5 Å².